The average Bonchev–Trinajstić information content (AvgIpc) is 2.81. The summed E-state index contributed by atoms with van der Waals surface area (Å²) in [4.78, 5) is 0. The fourth-order valence-corrected chi connectivity index (χ4v) is 4.06. The van der Waals surface area contributed by atoms with Crippen LogP contribution in [0.5, 0.6) is 0 Å². The highest BCUT2D eigenvalue weighted by Crippen LogP contribution is 2.36. The van der Waals surface area contributed by atoms with Crippen LogP contribution in [0.25, 0.3) is 11.3 Å². The first kappa shape index (κ1) is 15.8. The molecule has 0 spiro atoms. The lowest BCUT2D eigenvalue weighted by Crippen LogP contribution is -2.19. The van der Waals surface area contributed by atoms with E-state index in [-0.39, 0.29) is 0 Å². The number of aromatic nitrogens is 2. The highest BCUT2D eigenvalue weighted by Gasteiger charge is 2.26. The maximum atomic E-state index is 13.8. The van der Waals surface area contributed by atoms with Crippen LogP contribution in [-0.2, 0) is 12.8 Å². The first-order valence-corrected chi connectivity index (χ1v) is 9.00. The number of hydrogen-bond donors (Lipinski definition) is 1. The van der Waals surface area contributed by atoms with Gasteiger partial charge in [0.2, 0.25) is 0 Å². The van der Waals surface area contributed by atoms with E-state index in [2.05, 4.69) is 10.00 Å². The average molecular weight is 331 g/mol. The summed E-state index contributed by atoms with van der Waals surface area (Å²) in [5.41, 5.74) is 4.07. The summed E-state index contributed by atoms with van der Waals surface area (Å²) < 4.78 is 29.4. The molecule has 1 fully saturated rings. The highest BCUT2D eigenvalue weighted by atomic mass is 19.2. The smallest absolute Gasteiger partial charge is 0.159 e. The van der Waals surface area contributed by atoms with Crippen LogP contribution in [0, 0.1) is 11.6 Å². The van der Waals surface area contributed by atoms with Crippen molar-refractivity contribution >= 4 is 0 Å². The van der Waals surface area contributed by atoms with Gasteiger partial charge in [0.15, 0.2) is 11.6 Å². The molecule has 1 aliphatic heterocycles. The van der Waals surface area contributed by atoms with Gasteiger partial charge in [-0.15, -0.1) is 0 Å². The minimum atomic E-state index is -0.796. The molecule has 1 aliphatic carbocycles. The van der Waals surface area contributed by atoms with Gasteiger partial charge in [0.1, 0.15) is 0 Å². The normalized spacial score (nSPS) is 19.1. The van der Waals surface area contributed by atoms with Gasteiger partial charge in [0.25, 0.3) is 0 Å². The number of fused-ring (bicyclic) bond motifs is 1. The topological polar surface area (TPSA) is 29.9 Å². The SMILES string of the molecule is Fc1ccc(-c2c3c(nn2C2CCCCC2)CCNCC3)cc1F. The van der Waals surface area contributed by atoms with Gasteiger partial charge in [-0.2, -0.15) is 5.10 Å². The van der Waals surface area contributed by atoms with E-state index in [0.29, 0.717) is 6.04 Å². The van der Waals surface area contributed by atoms with Crippen molar-refractivity contribution in [2.24, 2.45) is 0 Å². The molecule has 0 bridgehead atoms. The van der Waals surface area contributed by atoms with E-state index < -0.39 is 11.6 Å². The van der Waals surface area contributed by atoms with E-state index in [0.717, 1.165) is 55.7 Å². The molecule has 2 aromatic rings. The van der Waals surface area contributed by atoms with Crippen molar-refractivity contribution in [2.45, 2.75) is 51.0 Å². The zero-order chi connectivity index (χ0) is 16.5. The predicted molar refractivity (Wildman–Crippen MR) is 90.0 cm³/mol. The van der Waals surface area contributed by atoms with E-state index in [1.807, 2.05) is 0 Å². The first-order chi connectivity index (χ1) is 11.7. The molecular formula is C19H23F2N3. The number of hydrogen-bond acceptors (Lipinski definition) is 2. The summed E-state index contributed by atoms with van der Waals surface area (Å²) in [5, 5.41) is 8.32. The summed E-state index contributed by atoms with van der Waals surface area (Å²) >= 11 is 0. The minimum absolute atomic E-state index is 0.377. The van der Waals surface area contributed by atoms with Crippen LogP contribution >= 0.6 is 0 Å². The molecule has 2 aliphatic rings. The Balaban J connectivity index is 1.84. The monoisotopic (exact) mass is 331 g/mol. The van der Waals surface area contributed by atoms with Crippen molar-refractivity contribution in [1.29, 1.82) is 0 Å². The molecule has 24 heavy (non-hydrogen) atoms. The van der Waals surface area contributed by atoms with Gasteiger partial charge in [-0.25, -0.2) is 8.78 Å². The zero-order valence-corrected chi connectivity index (χ0v) is 13.8. The van der Waals surface area contributed by atoms with Crippen molar-refractivity contribution in [3.05, 3.63) is 41.1 Å². The minimum Gasteiger partial charge on any atom is -0.316 e. The van der Waals surface area contributed by atoms with E-state index in [1.165, 1.54) is 37.0 Å². The molecule has 1 N–H and O–H groups in total. The lowest BCUT2D eigenvalue weighted by molar-refractivity contribution is 0.330. The molecule has 0 amide bonds. The Kier molecular flexibility index (Phi) is 4.35. The number of rotatable bonds is 2. The molecule has 5 heteroatoms. The standard InChI is InChI=1S/C19H23F2N3/c20-16-7-6-13(12-17(16)21)19-15-8-10-22-11-9-18(15)23-24(19)14-4-2-1-3-5-14/h6-7,12,14,22H,1-5,8-11H2. The number of nitrogens with one attached hydrogen (secondary N) is 1. The van der Waals surface area contributed by atoms with Crippen LogP contribution in [0.15, 0.2) is 18.2 Å². The predicted octanol–water partition coefficient (Wildman–Crippen LogP) is 4.02. The molecule has 1 aromatic heterocycles. The van der Waals surface area contributed by atoms with Gasteiger partial charge >= 0.3 is 0 Å². The summed E-state index contributed by atoms with van der Waals surface area (Å²) in [6, 6.07) is 4.61. The fraction of sp³-hybridized carbons (Fsp3) is 0.526. The van der Waals surface area contributed by atoms with Crippen LogP contribution in [-0.4, -0.2) is 22.9 Å². The first-order valence-electron chi connectivity index (χ1n) is 9.00. The Morgan fingerprint density at radius 2 is 1.79 bits per heavy atom. The second-order valence-corrected chi connectivity index (χ2v) is 6.89. The molecule has 0 unspecified atom stereocenters. The molecule has 3 nitrogen and oxygen atoms in total. The molecule has 2 heterocycles. The van der Waals surface area contributed by atoms with E-state index >= 15 is 0 Å². The van der Waals surface area contributed by atoms with Crippen molar-refractivity contribution in [1.82, 2.24) is 15.1 Å². The van der Waals surface area contributed by atoms with Crippen LogP contribution < -0.4 is 5.32 Å². The highest BCUT2D eigenvalue weighted by molar-refractivity contribution is 5.65. The van der Waals surface area contributed by atoms with Gasteiger partial charge in [0, 0.05) is 24.1 Å². The summed E-state index contributed by atoms with van der Waals surface area (Å²) in [6.07, 6.45) is 7.73. The van der Waals surface area contributed by atoms with Crippen molar-refractivity contribution in [2.75, 3.05) is 13.1 Å². The molecule has 4 rings (SSSR count). The number of nitrogens with zero attached hydrogens (tertiary/aromatic N) is 2. The van der Waals surface area contributed by atoms with Crippen LogP contribution in [0.3, 0.4) is 0 Å². The Labute approximate surface area is 141 Å². The molecule has 1 aromatic carbocycles. The third kappa shape index (κ3) is 2.86. The number of halogens is 2. The van der Waals surface area contributed by atoms with Gasteiger partial charge in [-0.3, -0.25) is 4.68 Å². The fourth-order valence-electron chi connectivity index (χ4n) is 4.06. The largest absolute Gasteiger partial charge is 0.316 e. The van der Waals surface area contributed by atoms with Crippen LogP contribution in [0.1, 0.15) is 49.4 Å². The lowest BCUT2D eigenvalue weighted by Gasteiger charge is -2.24. The third-order valence-electron chi connectivity index (χ3n) is 5.30. The van der Waals surface area contributed by atoms with E-state index in [1.54, 1.807) is 6.07 Å². The molecule has 128 valence electrons. The van der Waals surface area contributed by atoms with Crippen LogP contribution in [0.2, 0.25) is 0 Å². The zero-order valence-electron chi connectivity index (χ0n) is 13.8. The van der Waals surface area contributed by atoms with Crippen molar-refractivity contribution in [3.8, 4) is 11.3 Å². The Bertz CT molecular complexity index is 732. The van der Waals surface area contributed by atoms with Crippen molar-refractivity contribution in [3.63, 3.8) is 0 Å². The molecule has 1 saturated carbocycles. The van der Waals surface area contributed by atoms with Gasteiger partial charge in [-0.05, 0) is 44.0 Å². The Hall–Kier alpha value is -1.75. The second kappa shape index (κ2) is 6.63. The Morgan fingerprint density at radius 1 is 1.00 bits per heavy atom. The summed E-state index contributed by atoms with van der Waals surface area (Å²) in [7, 11) is 0. The molecule has 0 saturated heterocycles. The quantitative estimate of drug-likeness (QED) is 0.901. The van der Waals surface area contributed by atoms with Gasteiger partial charge in [-0.1, -0.05) is 19.3 Å². The van der Waals surface area contributed by atoms with Crippen molar-refractivity contribution < 1.29 is 8.78 Å². The Morgan fingerprint density at radius 3 is 2.58 bits per heavy atom. The lowest BCUT2D eigenvalue weighted by atomic mass is 9.94. The van der Waals surface area contributed by atoms with E-state index in [9.17, 15) is 8.78 Å². The van der Waals surface area contributed by atoms with Gasteiger partial charge in [0.05, 0.1) is 17.4 Å². The summed E-state index contributed by atoms with van der Waals surface area (Å²) in [5.74, 6) is -1.58. The van der Waals surface area contributed by atoms with Gasteiger partial charge < -0.3 is 5.32 Å². The second-order valence-electron chi connectivity index (χ2n) is 6.89. The maximum absolute atomic E-state index is 13.8. The summed E-state index contributed by atoms with van der Waals surface area (Å²) in [6.45, 7) is 1.83. The van der Waals surface area contributed by atoms with E-state index in [4.69, 9.17) is 5.10 Å². The molecule has 0 radical (unpaired) electrons. The molecular weight excluding hydrogens is 308 g/mol. The maximum Gasteiger partial charge on any atom is 0.159 e. The third-order valence-corrected chi connectivity index (χ3v) is 5.30. The number of benzene rings is 1. The molecule has 0 atom stereocenters. The van der Waals surface area contributed by atoms with Crippen LogP contribution in [0.4, 0.5) is 8.78 Å².